The maximum absolute atomic E-state index is 4.87. The van der Waals surface area contributed by atoms with Gasteiger partial charge in [0.25, 0.3) is 0 Å². The fourth-order valence-electron chi connectivity index (χ4n) is 4.14. The van der Waals surface area contributed by atoms with Crippen LogP contribution in [-0.4, -0.2) is 46.8 Å². The Morgan fingerprint density at radius 3 is 2.83 bits per heavy atom. The third kappa shape index (κ3) is 4.06. The van der Waals surface area contributed by atoms with Crippen molar-refractivity contribution in [3.63, 3.8) is 0 Å². The van der Waals surface area contributed by atoms with E-state index in [1.54, 1.807) is 0 Å². The fraction of sp³-hybridized carbons (Fsp3) is 0.778. The summed E-state index contributed by atoms with van der Waals surface area (Å²) in [5, 5.41) is 7.72. The average Bonchev–Trinajstić information content (AvgIpc) is 3.14. The van der Waals surface area contributed by atoms with E-state index in [9.17, 15) is 0 Å². The number of hydrogen-bond donors (Lipinski definition) is 1. The zero-order valence-electron chi connectivity index (χ0n) is 14.7. The van der Waals surface area contributed by atoms with E-state index in [1.165, 1.54) is 57.2 Å². The van der Waals surface area contributed by atoms with E-state index in [0.717, 1.165) is 25.5 Å². The molecule has 1 aliphatic heterocycles. The van der Waals surface area contributed by atoms with E-state index in [1.807, 2.05) is 17.9 Å². The summed E-state index contributed by atoms with van der Waals surface area (Å²) in [4.78, 5) is 7.37. The van der Waals surface area contributed by atoms with Crippen molar-refractivity contribution in [2.75, 3.05) is 26.2 Å². The second-order valence-electron chi connectivity index (χ2n) is 7.24. The van der Waals surface area contributed by atoms with Crippen LogP contribution in [0.25, 0.3) is 0 Å². The number of hydrogen-bond acceptors (Lipinski definition) is 2. The number of aromatic nitrogens is 2. The number of aliphatic imine (C=N–C) groups is 1. The van der Waals surface area contributed by atoms with Gasteiger partial charge in [-0.3, -0.25) is 9.67 Å². The fourth-order valence-corrected chi connectivity index (χ4v) is 4.14. The molecule has 2 aliphatic rings. The number of rotatable bonds is 4. The molecule has 1 spiro atoms. The molecule has 0 bridgehead atoms. The van der Waals surface area contributed by atoms with Gasteiger partial charge >= 0.3 is 0 Å². The van der Waals surface area contributed by atoms with Gasteiger partial charge in [0.15, 0.2) is 5.96 Å². The average molecular weight is 317 g/mol. The SMILES string of the molecule is CCNC(=NCCc1cnn(C)c1)N1CCC2(CCCCC2)C1. The first-order valence-corrected chi connectivity index (χ1v) is 9.22. The van der Waals surface area contributed by atoms with E-state index in [2.05, 4.69) is 28.4 Å². The lowest BCUT2D eigenvalue weighted by Gasteiger charge is -2.33. The summed E-state index contributed by atoms with van der Waals surface area (Å²) in [6.45, 7) is 6.29. The molecule has 1 aliphatic carbocycles. The normalized spacial score (nSPS) is 21.1. The lowest BCUT2D eigenvalue weighted by Crippen LogP contribution is -2.41. The van der Waals surface area contributed by atoms with Crippen LogP contribution < -0.4 is 5.32 Å². The summed E-state index contributed by atoms with van der Waals surface area (Å²) < 4.78 is 1.86. The van der Waals surface area contributed by atoms with Crippen LogP contribution >= 0.6 is 0 Å². The van der Waals surface area contributed by atoms with E-state index in [-0.39, 0.29) is 0 Å². The third-order valence-electron chi connectivity index (χ3n) is 5.41. The van der Waals surface area contributed by atoms with Crippen LogP contribution in [0.1, 0.15) is 51.0 Å². The monoisotopic (exact) mass is 317 g/mol. The van der Waals surface area contributed by atoms with E-state index in [4.69, 9.17) is 4.99 Å². The van der Waals surface area contributed by atoms with Gasteiger partial charge in [-0.15, -0.1) is 0 Å². The van der Waals surface area contributed by atoms with Gasteiger partial charge < -0.3 is 10.2 Å². The maximum Gasteiger partial charge on any atom is 0.193 e. The van der Waals surface area contributed by atoms with E-state index >= 15 is 0 Å². The molecule has 1 saturated carbocycles. The molecule has 0 aromatic carbocycles. The first-order valence-electron chi connectivity index (χ1n) is 9.22. The van der Waals surface area contributed by atoms with Gasteiger partial charge in [0, 0.05) is 39.4 Å². The van der Waals surface area contributed by atoms with Crippen molar-refractivity contribution < 1.29 is 0 Å². The van der Waals surface area contributed by atoms with Crippen LogP contribution in [-0.2, 0) is 13.5 Å². The van der Waals surface area contributed by atoms with Crippen molar-refractivity contribution in [2.45, 2.75) is 51.9 Å². The minimum absolute atomic E-state index is 0.581. The quantitative estimate of drug-likeness (QED) is 0.686. The highest BCUT2D eigenvalue weighted by Crippen LogP contribution is 2.43. The number of guanidine groups is 1. The van der Waals surface area contributed by atoms with Crippen molar-refractivity contribution in [1.29, 1.82) is 0 Å². The Balaban J connectivity index is 1.58. The molecule has 0 amide bonds. The molecule has 1 aromatic heterocycles. The first-order chi connectivity index (χ1) is 11.2. The molecule has 1 N–H and O–H groups in total. The van der Waals surface area contributed by atoms with Gasteiger partial charge in [0.1, 0.15) is 0 Å². The highest BCUT2D eigenvalue weighted by atomic mass is 15.3. The Morgan fingerprint density at radius 1 is 1.30 bits per heavy atom. The largest absolute Gasteiger partial charge is 0.357 e. The van der Waals surface area contributed by atoms with Crippen LogP contribution in [0.4, 0.5) is 0 Å². The lowest BCUT2D eigenvalue weighted by molar-refractivity contribution is 0.203. The van der Waals surface area contributed by atoms with Gasteiger partial charge in [-0.05, 0) is 43.6 Å². The number of nitrogens with zero attached hydrogens (tertiary/aromatic N) is 4. The molecule has 5 heteroatoms. The van der Waals surface area contributed by atoms with Gasteiger partial charge in [-0.25, -0.2) is 0 Å². The molecular weight excluding hydrogens is 286 g/mol. The highest BCUT2D eigenvalue weighted by Gasteiger charge is 2.39. The molecule has 3 rings (SSSR count). The molecule has 128 valence electrons. The second-order valence-corrected chi connectivity index (χ2v) is 7.24. The molecule has 0 radical (unpaired) electrons. The van der Waals surface area contributed by atoms with Gasteiger partial charge in [0.2, 0.25) is 0 Å². The van der Waals surface area contributed by atoms with Gasteiger partial charge in [-0.2, -0.15) is 5.10 Å². The Morgan fingerprint density at radius 2 is 2.13 bits per heavy atom. The molecule has 0 unspecified atom stereocenters. The minimum Gasteiger partial charge on any atom is -0.357 e. The summed E-state index contributed by atoms with van der Waals surface area (Å²) in [5.41, 5.74) is 1.84. The van der Waals surface area contributed by atoms with Crippen LogP contribution in [0.5, 0.6) is 0 Å². The standard InChI is InChI=1S/C18H31N5/c1-3-19-17(20-11-7-16-13-21-22(2)14-16)23-12-10-18(15-23)8-5-4-6-9-18/h13-14H,3-12,15H2,1-2H3,(H,19,20). The van der Waals surface area contributed by atoms with Crippen molar-refractivity contribution in [2.24, 2.45) is 17.5 Å². The predicted molar refractivity (Wildman–Crippen MR) is 94.6 cm³/mol. The van der Waals surface area contributed by atoms with Gasteiger partial charge in [-0.1, -0.05) is 19.3 Å². The van der Waals surface area contributed by atoms with Crippen LogP contribution in [0, 0.1) is 5.41 Å². The molecule has 2 heterocycles. The van der Waals surface area contributed by atoms with Crippen molar-refractivity contribution >= 4 is 5.96 Å². The van der Waals surface area contributed by atoms with Crippen LogP contribution in [0.2, 0.25) is 0 Å². The smallest absolute Gasteiger partial charge is 0.193 e. The second kappa shape index (κ2) is 7.37. The predicted octanol–water partition coefficient (Wildman–Crippen LogP) is 2.58. The zero-order chi connectivity index (χ0) is 16.1. The highest BCUT2D eigenvalue weighted by molar-refractivity contribution is 5.80. The molecular formula is C18H31N5. The van der Waals surface area contributed by atoms with Crippen molar-refractivity contribution in [1.82, 2.24) is 20.0 Å². The summed E-state index contributed by atoms with van der Waals surface area (Å²) in [7, 11) is 1.96. The lowest BCUT2D eigenvalue weighted by atomic mass is 9.73. The van der Waals surface area contributed by atoms with Crippen molar-refractivity contribution in [3.05, 3.63) is 18.0 Å². The van der Waals surface area contributed by atoms with Crippen molar-refractivity contribution in [3.8, 4) is 0 Å². The van der Waals surface area contributed by atoms with E-state index < -0.39 is 0 Å². The van der Waals surface area contributed by atoms with Gasteiger partial charge in [0.05, 0.1) is 6.20 Å². The molecule has 2 fully saturated rings. The van der Waals surface area contributed by atoms with E-state index in [0.29, 0.717) is 5.41 Å². The summed E-state index contributed by atoms with van der Waals surface area (Å²) in [6.07, 6.45) is 13.4. The molecule has 1 saturated heterocycles. The topological polar surface area (TPSA) is 45.5 Å². The number of aryl methyl sites for hydroxylation is 1. The third-order valence-corrected chi connectivity index (χ3v) is 5.41. The Hall–Kier alpha value is -1.52. The Bertz CT molecular complexity index is 527. The maximum atomic E-state index is 4.87. The number of likely N-dealkylation sites (tertiary alicyclic amines) is 1. The summed E-state index contributed by atoms with van der Waals surface area (Å²) in [6, 6.07) is 0. The molecule has 23 heavy (non-hydrogen) atoms. The Labute approximate surface area is 140 Å². The minimum atomic E-state index is 0.581. The molecule has 5 nitrogen and oxygen atoms in total. The number of nitrogens with one attached hydrogen (secondary N) is 1. The summed E-state index contributed by atoms with van der Waals surface area (Å²) in [5.74, 6) is 1.11. The van der Waals surface area contributed by atoms with Crippen LogP contribution in [0.15, 0.2) is 17.4 Å². The summed E-state index contributed by atoms with van der Waals surface area (Å²) >= 11 is 0. The zero-order valence-corrected chi connectivity index (χ0v) is 14.7. The molecule has 0 atom stereocenters. The Kier molecular flexibility index (Phi) is 5.23. The van der Waals surface area contributed by atoms with Crippen LogP contribution in [0.3, 0.4) is 0 Å². The first kappa shape index (κ1) is 16.3. The molecule has 1 aromatic rings.